The lowest BCUT2D eigenvalue weighted by atomic mass is 10.1. The largest absolute Gasteiger partial charge is 0.480 e. The Balaban J connectivity index is 2.39. The summed E-state index contributed by atoms with van der Waals surface area (Å²) >= 11 is 0. The van der Waals surface area contributed by atoms with Gasteiger partial charge in [0.15, 0.2) is 0 Å². The van der Waals surface area contributed by atoms with Gasteiger partial charge in [-0.25, -0.2) is 0 Å². The molecule has 5 heteroatoms. The van der Waals surface area contributed by atoms with Gasteiger partial charge in [-0.2, -0.15) is 0 Å². The van der Waals surface area contributed by atoms with Gasteiger partial charge in [-0.15, -0.1) is 0 Å². The van der Waals surface area contributed by atoms with Crippen LogP contribution in [0.1, 0.15) is 27.7 Å². The molecule has 1 unspecified atom stereocenters. The maximum absolute atomic E-state index is 11.0. The van der Waals surface area contributed by atoms with Gasteiger partial charge < -0.3 is 9.84 Å². The van der Waals surface area contributed by atoms with Gasteiger partial charge in [-0.05, 0) is 27.7 Å². The van der Waals surface area contributed by atoms with E-state index in [9.17, 15) is 4.79 Å². The van der Waals surface area contributed by atoms with Crippen molar-refractivity contribution in [3.8, 4) is 0 Å². The number of hydrogen-bond acceptors (Lipinski definition) is 4. The van der Waals surface area contributed by atoms with Crippen LogP contribution in [-0.4, -0.2) is 59.9 Å². The standard InChI is InChI=1S/C12H24N2O3/c1-9(2)14-5-6-17-10(8-14)7-13-12(3,4)11(15)16/h9-10,13H,5-8H2,1-4H3,(H,15,16). The fraction of sp³-hybridized carbons (Fsp3) is 0.917. The highest BCUT2D eigenvalue weighted by Crippen LogP contribution is 2.09. The summed E-state index contributed by atoms with van der Waals surface area (Å²) in [4.78, 5) is 13.3. The van der Waals surface area contributed by atoms with Crippen molar-refractivity contribution in [3.63, 3.8) is 0 Å². The number of nitrogens with zero attached hydrogens (tertiary/aromatic N) is 1. The molecule has 17 heavy (non-hydrogen) atoms. The number of morpholine rings is 1. The Labute approximate surface area is 103 Å². The first kappa shape index (κ1) is 14.4. The number of ether oxygens (including phenoxy) is 1. The van der Waals surface area contributed by atoms with Gasteiger partial charge >= 0.3 is 5.97 Å². The van der Waals surface area contributed by atoms with E-state index < -0.39 is 11.5 Å². The molecular weight excluding hydrogens is 220 g/mol. The molecule has 0 bridgehead atoms. The zero-order valence-corrected chi connectivity index (χ0v) is 11.2. The summed E-state index contributed by atoms with van der Waals surface area (Å²) in [5.41, 5.74) is -0.899. The number of aliphatic carboxylic acids is 1. The van der Waals surface area contributed by atoms with Crippen molar-refractivity contribution in [1.29, 1.82) is 0 Å². The van der Waals surface area contributed by atoms with E-state index in [0.29, 0.717) is 12.6 Å². The summed E-state index contributed by atoms with van der Waals surface area (Å²) in [6, 6.07) is 0.508. The zero-order valence-electron chi connectivity index (χ0n) is 11.2. The van der Waals surface area contributed by atoms with Gasteiger partial charge in [0.2, 0.25) is 0 Å². The second kappa shape index (κ2) is 5.80. The highest BCUT2D eigenvalue weighted by atomic mass is 16.5. The molecule has 0 amide bonds. The normalized spacial score (nSPS) is 23.0. The fourth-order valence-corrected chi connectivity index (χ4v) is 1.78. The molecule has 100 valence electrons. The molecule has 0 aliphatic carbocycles. The average molecular weight is 244 g/mol. The van der Waals surface area contributed by atoms with E-state index in [0.717, 1.165) is 19.7 Å². The molecule has 2 N–H and O–H groups in total. The summed E-state index contributed by atoms with van der Waals surface area (Å²) in [7, 11) is 0. The van der Waals surface area contributed by atoms with Crippen LogP contribution in [0.3, 0.4) is 0 Å². The first-order chi connectivity index (χ1) is 7.83. The molecule has 1 saturated heterocycles. The van der Waals surface area contributed by atoms with Gasteiger partial charge in [-0.1, -0.05) is 0 Å². The minimum Gasteiger partial charge on any atom is -0.480 e. The second-order valence-corrected chi connectivity index (χ2v) is 5.39. The van der Waals surface area contributed by atoms with Crippen molar-refractivity contribution >= 4 is 5.97 Å². The molecule has 1 fully saturated rings. The lowest BCUT2D eigenvalue weighted by Gasteiger charge is -2.36. The van der Waals surface area contributed by atoms with Crippen LogP contribution >= 0.6 is 0 Å². The number of hydrogen-bond donors (Lipinski definition) is 2. The zero-order chi connectivity index (χ0) is 13.1. The molecule has 0 radical (unpaired) electrons. The van der Waals surface area contributed by atoms with Crippen molar-refractivity contribution in [2.45, 2.75) is 45.4 Å². The van der Waals surface area contributed by atoms with Crippen molar-refractivity contribution in [1.82, 2.24) is 10.2 Å². The van der Waals surface area contributed by atoms with Crippen LogP contribution in [0.2, 0.25) is 0 Å². The predicted molar refractivity (Wildman–Crippen MR) is 66.2 cm³/mol. The molecule has 1 aliphatic heterocycles. The smallest absolute Gasteiger partial charge is 0.323 e. The molecule has 5 nitrogen and oxygen atoms in total. The Kier molecular flexibility index (Phi) is 4.91. The Morgan fingerprint density at radius 1 is 1.59 bits per heavy atom. The van der Waals surface area contributed by atoms with E-state index in [1.165, 1.54) is 0 Å². The molecule has 1 heterocycles. The molecule has 1 atom stereocenters. The molecule has 0 spiro atoms. The van der Waals surface area contributed by atoms with Gasteiger partial charge in [0.05, 0.1) is 12.7 Å². The Bertz CT molecular complexity index is 266. The molecule has 1 aliphatic rings. The first-order valence-corrected chi connectivity index (χ1v) is 6.17. The summed E-state index contributed by atoms with van der Waals surface area (Å²) in [6.45, 7) is 10.8. The first-order valence-electron chi connectivity index (χ1n) is 6.17. The Morgan fingerprint density at radius 3 is 2.76 bits per heavy atom. The van der Waals surface area contributed by atoms with Gasteiger partial charge in [0.1, 0.15) is 5.54 Å². The minimum atomic E-state index is -0.899. The molecule has 0 aromatic carbocycles. The molecule has 0 aromatic heterocycles. The minimum absolute atomic E-state index is 0.0739. The summed E-state index contributed by atoms with van der Waals surface area (Å²) < 4.78 is 5.64. The lowest BCUT2D eigenvalue weighted by molar-refractivity contribution is -0.143. The van der Waals surface area contributed by atoms with Crippen LogP contribution < -0.4 is 5.32 Å². The predicted octanol–water partition coefficient (Wildman–Crippen LogP) is 0.548. The molecule has 1 rings (SSSR count). The molecular formula is C12H24N2O3. The monoisotopic (exact) mass is 244 g/mol. The summed E-state index contributed by atoms with van der Waals surface area (Å²) in [6.07, 6.45) is 0.0739. The average Bonchev–Trinajstić information content (AvgIpc) is 2.26. The van der Waals surface area contributed by atoms with Crippen LogP contribution in [0.25, 0.3) is 0 Å². The Hall–Kier alpha value is -0.650. The van der Waals surface area contributed by atoms with Crippen LogP contribution in [0.15, 0.2) is 0 Å². The van der Waals surface area contributed by atoms with Gasteiger partial charge in [0.25, 0.3) is 0 Å². The summed E-state index contributed by atoms with van der Waals surface area (Å²) in [5.74, 6) is -0.839. The maximum atomic E-state index is 11.0. The van der Waals surface area contributed by atoms with Crippen molar-refractivity contribution < 1.29 is 14.6 Å². The van der Waals surface area contributed by atoms with E-state index in [2.05, 4.69) is 24.1 Å². The van der Waals surface area contributed by atoms with Gasteiger partial charge in [-0.3, -0.25) is 15.0 Å². The highest BCUT2D eigenvalue weighted by molar-refractivity contribution is 5.77. The third kappa shape index (κ3) is 4.26. The van der Waals surface area contributed by atoms with E-state index in [4.69, 9.17) is 9.84 Å². The number of carbonyl (C=O) groups is 1. The van der Waals surface area contributed by atoms with Gasteiger partial charge in [0, 0.05) is 25.7 Å². The second-order valence-electron chi connectivity index (χ2n) is 5.39. The van der Waals surface area contributed by atoms with E-state index >= 15 is 0 Å². The van der Waals surface area contributed by atoms with Crippen LogP contribution in [0.5, 0.6) is 0 Å². The van der Waals surface area contributed by atoms with E-state index in [1.54, 1.807) is 13.8 Å². The highest BCUT2D eigenvalue weighted by Gasteiger charge is 2.29. The number of rotatable bonds is 5. The third-order valence-electron chi connectivity index (χ3n) is 3.21. The third-order valence-corrected chi connectivity index (χ3v) is 3.21. The summed E-state index contributed by atoms with van der Waals surface area (Å²) in [5, 5.41) is 12.0. The van der Waals surface area contributed by atoms with E-state index in [1.807, 2.05) is 0 Å². The Morgan fingerprint density at radius 2 is 2.24 bits per heavy atom. The number of nitrogens with one attached hydrogen (secondary N) is 1. The number of carboxylic acids is 1. The molecule has 0 saturated carbocycles. The lowest BCUT2D eigenvalue weighted by Crippen LogP contribution is -2.54. The maximum Gasteiger partial charge on any atom is 0.323 e. The van der Waals surface area contributed by atoms with Crippen LogP contribution in [0, 0.1) is 0 Å². The van der Waals surface area contributed by atoms with Crippen molar-refractivity contribution in [3.05, 3.63) is 0 Å². The van der Waals surface area contributed by atoms with Crippen molar-refractivity contribution in [2.24, 2.45) is 0 Å². The van der Waals surface area contributed by atoms with Crippen molar-refractivity contribution in [2.75, 3.05) is 26.2 Å². The van der Waals surface area contributed by atoms with Crippen LogP contribution in [0.4, 0.5) is 0 Å². The number of carboxylic acid groups (broad SMARTS) is 1. The van der Waals surface area contributed by atoms with Crippen LogP contribution in [-0.2, 0) is 9.53 Å². The SMILES string of the molecule is CC(C)N1CCOC(CNC(C)(C)C(=O)O)C1. The topological polar surface area (TPSA) is 61.8 Å². The van der Waals surface area contributed by atoms with E-state index in [-0.39, 0.29) is 6.10 Å². The fourth-order valence-electron chi connectivity index (χ4n) is 1.78. The molecule has 0 aromatic rings. The quantitative estimate of drug-likeness (QED) is 0.739.